The molecule has 0 unspecified atom stereocenters. The molecule has 0 saturated carbocycles. The molecule has 0 radical (unpaired) electrons. The third-order valence-corrected chi connectivity index (χ3v) is 5.46. The van der Waals surface area contributed by atoms with Gasteiger partial charge in [0.25, 0.3) is 0 Å². The summed E-state index contributed by atoms with van der Waals surface area (Å²) in [5.41, 5.74) is 7.12. The number of nitrogens with zero attached hydrogens (tertiary/aromatic N) is 3. The number of halogens is 1. The summed E-state index contributed by atoms with van der Waals surface area (Å²) in [6, 6.07) is 7.74. The van der Waals surface area contributed by atoms with Gasteiger partial charge in [0.05, 0.1) is 35.7 Å². The molecular weight excluding hydrogens is 453 g/mol. The Bertz CT molecular complexity index is 1170. The lowest BCUT2D eigenvalue weighted by Crippen LogP contribution is -2.48. The summed E-state index contributed by atoms with van der Waals surface area (Å²) in [6.07, 6.45) is 2.41. The highest BCUT2D eigenvalue weighted by Gasteiger charge is 2.40. The number of carbonyl (C=O) groups is 1. The molecule has 10 nitrogen and oxygen atoms in total. The van der Waals surface area contributed by atoms with E-state index in [1.165, 1.54) is 12.1 Å². The number of aromatic nitrogens is 4. The van der Waals surface area contributed by atoms with Gasteiger partial charge in [0.15, 0.2) is 5.82 Å². The molecule has 5 N–H and O–H groups in total. The minimum Gasteiger partial charge on any atom is -0.353 e. The number of hydrogen-bond donors (Lipinski definition) is 4. The number of anilines is 1. The van der Waals surface area contributed by atoms with Crippen LogP contribution in [0.25, 0.3) is 22.6 Å². The molecule has 4 rings (SSSR count). The molecule has 1 fully saturated rings. The van der Waals surface area contributed by atoms with E-state index >= 15 is 0 Å². The van der Waals surface area contributed by atoms with Gasteiger partial charge >= 0.3 is 0 Å². The van der Waals surface area contributed by atoms with Crippen LogP contribution in [0, 0.1) is 11.2 Å². The van der Waals surface area contributed by atoms with Crippen molar-refractivity contribution in [2.24, 2.45) is 11.1 Å². The van der Waals surface area contributed by atoms with E-state index in [0.717, 1.165) is 0 Å². The molecule has 0 aliphatic carbocycles. The van der Waals surface area contributed by atoms with Crippen molar-refractivity contribution in [3.05, 3.63) is 60.8 Å². The van der Waals surface area contributed by atoms with E-state index in [1.54, 1.807) is 37.4 Å². The Morgan fingerprint density at radius 3 is 2.71 bits per heavy atom. The lowest BCUT2D eigenvalue weighted by Gasteiger charge is -2.35. The zero-order valence-electron chi connectivity index (χ0n) is 19.4. The lowest BCUT2D eigenvalue weighted by atomic mass is 9.91. The van der Waals surface area contributed by atoms with Gasteiger partial charge in [-0.25, -0.2) is 19.3 Å². The number of ether oxygens (including phenoxy) is 2. The number of aromatic amines is 1. The van der Waals surface area contributed by atoms with Crippen LogP contribution in [-0.2, 0) is 14.3 Å². The van der Waals surface area contributed by atoms with Gasteiger partial charge in [0.1, 0.15) is 5.82 Å². The Morgan fingerprint density at radius 1 is 1.29 bits per heavy atom. The third kappa shape index (κ3) is 5.53. The highest BCUT2D eigenvalue weighted by Crippen LogP contribution is 2.35. The van der Waals surface area contributed by atoms with Crippen LogP contribution in [0.2, 0.25) is 0 Å². The minimum atomic E-state index is -0.842. The largest absolute Gasteiger partial charge is 0.353 e. The molecule has 3 aromatic rings. The van der Waals surface area contributed by atoms with E-state index in [-0.39, 0.29) is 24.9 Å². The first-order valence-corrected chi connectivity index (χ1v) is 11.2. The van der Waals surface area contributed by atoms with Crippen LogP contribution in [0.5, 0.6) is 0 Å². The van der Waals surface area contributed by atoms with Crippen molar-refractivity contribution in [2.75, 3.05) is 38.2 Å². The molecule has 35 heavy (non-hydrogen) atoms. The zero-order valence-corrected chi connectivity index (χ0v) is 19.4. The van der Waals surface area contributed by atoms with E-state index < -0.39 is 11.7 Å². The normalized spacial score (nSPS) is 19.8. The summed E-state index contributed by atoms with van der Waals surface area (Å²) in [5.74, 6) is 0.291. The van der Waals surface area contributed by atoms with Crippen molar-refractivity contribution < 1.29 is 18.7 Å². The van der Waals surface area contributed by atoms with Gasteiger partial charge in [-0.3, -0.25) is 4.79 Å². The topological polar surface area (TPSA) is 140 Å². The van der Waals surface area contributed by atoms with Crippen molar-refractivity contribution >= 4 is 11.9 Å². The van der Waals surface area contributed by atoms with Crippen molar-refractivity contribution in [1.82, 2.24) is 25.3 Å². The second kappa shape index (κ2) is 10.7. The number of hydrogen-bond acceptors (Lipinski definition) is 8. The van der Waals surface area contributed by atoms with Crippen molar-refractivity contribution in [2.45, 2.75) is 13.2 Å². The van der Waals surface area contributed by atoms with E-state index in [1.807, 2.05) is 0 Å². The second-order valence-electron chi connectivity index (χ2n) is 8.35. The molecule has 1 aromatic carbocycles. The van der Waals surface area contributed by atoms with E-state index in [0.29, 0.717) is 54.1 Å². The van der Waals surface area contributed by atoms with E-state index in [4.69, 9.17) is 20.2 Å². The number of nitrogens with two attached hydrogens (primary N) is 1. The maximum Gasteiger partial charge on any atom is 0.230 e. The molecular formula is C24H28FN7O3. The van der Waals surface area contributed by atoms with Crippen molar-refractivity contribution in [3.63, 3.8) is 0 Å². The molecule has 11 heteroatoms. The highest BCUT2D eigenvalue weighted by atomic mass is 19.1. The molecule has 1 amide bonds. The molecule has 0 bridgehead atoms. The average Bonchev–Trinajstić information content (AvgIpc) is 3.32. The van der Waals surface area contributed by atoms with Gasteiger partial charge < -0.3 is 30.8 Å². The van der Waals surface area contributed by atoms with E-state index in [2.05, 4.69) is 32.2 Å². The SMILES string of the molecule is C=CCNC(=O)C1(C)COC(c2nc(-c3ccc(F)cc3)c(-c3ccnc(NCCN)n3)[nH]2)OC1. The number of rotatable bonds is 9. The quantitative estimate of drug-likeness (QED) is 0.342. The third-order valence-electron chi connectivity index (χ3n) is 5.46. The smallest absolute Gasteiger partial charge is 0.230 e. The predicted molar refractivity (Wildman–Crippen MR) is 129 cm³/mol. The van der Waals surface area contributed by atoms with Crippen LogP contribution in [0.15, 0.2) is 49.2 Å². The van der Waals surface area contributed by atoms with Gasteiger partial charge in [-0.1, -0.05) is 6.08 Å². The Morgan fingerprint density at radius 2 is 2.03 bits per heavy atom. The maximum absolute atomic E-state index is 13.6. The zero-order chi connectivity index (χ0) is 24.8. The predicted octanol–water partition coefficient (Wildman–Crippen LogP) is 2.40. The Kier molecular flexibility index (Phi) is 7.49. The fourth-order valence-corrected chi connectivity index (χ4v) is 3.55. The average molecular weight is 482 g/mol. The monoisotopic (exact) mass is 481 g/mol. The van der Waals surface area contributed by atoms with Gasteiger partial charge in [0.2, 0.25) is 18.1 Å². The maximum atomic E-state index is 13.6. The van der Waals surface area contributed by atoms with Crippen LogP contribution in [0.3, 0.4) is 0 Å². The van der Waals surface area contributed by atoms with Crippen LogP contribution in [0.4, 0.5) is 10.3 Å². The molecule has 0 atom stereocenters. The molecule has 3 heterocycles. The molecule has 2 aromatic heterocycles. The van der Waals surface area contributed by atoms with Crippen LogP contribution >= 0.6 is 0 Å². The minimum absolute atomic E-state index is 0.142. The van der Waals surface area contributed by atoms with E-state index in [9.17, 15) is 9.18 Å². The first-order valence-electron chi connectivity index (χ1n) is 11.2. The summed E-state index contributed by atoms with van der Waals surface area (Å²) >= 11 is 0. The number of H-pyrrole nitrogens is 1. The number of imidazole rings is 1. The molecule has 1 saturated heterocycles. The first-order chi connectivity index (χ1) is 16.9. The fourth-order valence-electron chi connectivity index (χ4n) is 3.55. The number of nitrogens with one attached hydrogen (secondary N) is 3. The van der Waals surface area contributed by atoms with Crippen LogP contribution in [-0.4, -0.2) is 58.7 Å². The van der Waals surface area contributed by atoms with Crippen LogP contribution < -0.4 is 16.4 Å². The number of benzene rings is 1. The first kappa shape index (κ1) is 24.5. The standard InChI is InChI=1S/C24H28FN7O3/c1-3-10-27-22(33)24(2)13-34-21(35-14-24)20-31-18(15-4-6-16(25)7-5-15)19(32-20)17-8-11-28-23(30-17)29-12-9-26/h3-8,11,21H,1,9-10,12-14,26H2,2H3,(H,27,33)(H,31,32)(H,28,29,30). The highest BCUT2D eigenvalue weighted by molar-refractivity contribution is 5.82. The van der Waals surface area contributed by atoms with Crippen molar-refractivity contribution in [1.29, 1.82) is 0 Å². The summed E-state index contributed by atoms with van der Waals surface area (Å²) in [5, 5.41) is 5.83. The number of carbonyl (C=O) groups excluding carboxylic acids is 1. The Balaban J connectivity index is 1.63. The van der Waals surface area contributed by atoms with Gasteiger partial charge in [-0.05, 0) is 37.3 Å². The van der Waals surface area contributed by atoms with Gasteiger partial charge in [-0.2, -0.15) is 0 Å². The Hall–Kier alpha value is -3.67. The molecule has 0 spiro atoms. The van der Waals surface area contributed by atoms with Crippen molar-refractivity contribution in [3.8, 4) is 22.6 Å². The summed E-state index contributed by atoms with van der Waals surface area (Å²) in [7, 11) is 0. The van der Waals surface area contributed by atoms with Gasteiger partial charge in [-0.15, -0.1) is 6.58 Å². The molecule has 1 aliphatic rings. The summed E-state index contributed by atoms with van der Waals surface area (Å²) in [6.45, 7) is 6.98. The van der Waals surface area contributed by atoms with Gasteiger partial charge in [0, 0.05) is 31.4 Å². The second-order valence-corrected chi connectivity index (χ2v) is 8.35. The summed E-state index contributed by atoms with van der Waals surface area (Å²) < 4.78 is 25.4. The van der Waals surface area contributed by atoms with Crippen LogP contribution in [0.1, 0.15) is 19.0 Å². The molecule has 184 valence electrons. The molecule has 1 aliphatic heterocycles. The fraction of sp³-hybridized carbons (Fsp3) is 0.333. The Labute approximate surface area is 202 Å². The lowest BCUT2D eigenvalue weighted by molar-refractivity contribution is -0.230. The number of amides is 1. The summed E-state index contributed by atoms with van der Waals surface area (Å²) in [4.78, 5) is 29.2.